The van der Waals surface area contributed by atoms with Gasteiger partial charge in [0.05, 0.1) is 11.2 Å². The molecule has 0 aromatic carbocycles. The quantitative estimate of drug-likeness (QED) is 0.824. The summed E-state index contributed by atoms with van der Waals surface area (Å²) in [5, 5.41) is 10.1. The number of alkyl carbamates (subject to hydrolysis) is 1. The van der Waals surface area contributed by atoms with Crippen LogP contribution in [0.25, 0.3) is 0 Å². The fourth-order valence-corrected chi connectivity index (χ4v) is 2.26. The van der Waals surface area contributed by atoms with Gasteiger partial charge in [0.1, 0.15) is 11.3 Å². The zero-order valence-electron chi connectivity index (χ0n) is 16.7. The normalized spacial score (nSPS) is 14.1. The molecule has 0 saturated carbocycles. The maximum absolute atomic E-state index is 12.7. The SMILES string of the molecule is CCn1nc(C)cc1C(=O)NC(C)(CNC(=O)OC(C)(C)C)C(C)C. The third-order valence-corrected chi connectivity index (χ3v) is 4.11. The molecule has 1 rings (SSSR count). The van der Waals surface area contributed by atoms with Crippen LogP contribution in [0.3, 0.4) is 0 Å². The van der Waals surface area contributed by atoms with Gasteiger partial charge >= 0.3 is 6.09 Å². The summed E-state index contributed by atoms with van der Waals surface area (Å²) in [6.45, 7) is 16.0. The maximum Gasteiger partial charge on any atom is 0.407 e. The number of amides is 2. The van der Waals surface area contributed by atoms with Gasteiger partial charge in [-0.05, 0) is 53.5 Å². The van der Waals surface area contributed by atoms with Crippen molar-refractivity contribution in [2.75, 3.05) is 6.54 Å². The van der Waals surface area contributed by atoms with E-state index in [0.29, 0.717) is 12.2 Å². The molecule has 2 N–H and O–H groups in total. The molecule has 0 fully saturated rings. The van der Waals surface area contributed by atoms with Crippen LogP contribution < -0.4 is 10.6 Å². The van der Waals surface area contributed by atoms with Crippen molar-refractivity contribution < 1.29 is 14.3 Å². The fraction of sp³-hybridized carbons (Fsp3) is 0.722. The first-order valence-electron chi connectivity index (χ1n) is 8.71. The lowest BCUT2D eigenvalue weighted by Crippen LogP contribution is -2.57. The van der Waals surface area contributed by atoms with Gasteiger partial charge in [-0.3, -0.25) is 9.48 Å². The molecular weight excluding hydrogens is 320 g/mol. The van der Waals surface area contributed by atoms with E-state index < -0.39 is 17.2 Å². The van der Waals surface area contributed by atoms with Crippen LogP contribution in [0, 0.1) is 12.8 Å². The molecule has 0 aliphatic rings. The van der Waals surface area contributed by atoms with Crippen molar-refractivity contribution in [3.8, 4) is 0 Å². The molecular formula is C18H32N4O3. The van der Waals surface area contributed by atoms with E-state index in [9.17, 15) is 9.59 Å². The van der Waals surface area contributed by atoms with E-state index in [1.54, 1.807) is 10.7 Å². The Bertz CT molecular complexity index is 616. The minimum absolute atomic E-state index is 0.102. The van der Waals surface area contributed by atoms with Crippen LogP contribution in [-0.2, 0) is 11.3 Å². The largest absolute Gasteiger partial charge is 0.444 e. The molecule has 1 heterocycles. The number of aryl methyl sites for hydroxylation is 2. The van der Waals surface area contributed by atoms with Crippen LogP contribution in [0.15, 0.2) is 6.07 Å². The van der Waals surface area contributed by atoms with Crippen molar-refractivity contribution in [1.29, 1.82) is 0 Å². The first-order chi connectivity index (χ1) is 11.4. The van der Waals surface area contributed by atoms with E-state index >= 15 is 0 Å². The highest BCUT2D eigenvalue weighted by Gasteiger charge is 2.32. The summed E-state index contributed by atoms with van der Waals surface area (Å²) in [5.74, 6) is -0.102. The van der Waals surface area contributed by atoms with E-state index in [1.165, 1.54) is 0 Å². The summed E-state index contributed by atoms with van der Waals surface area (Å²) in [5.41, 5.74) is 0.131. The highest BCUT2D eigenvalue weighted by Crippen LogP contribution is 2.17. The van der Waals surface area contributed by atoms with Gasteiger partial charge in [-0.15, -0.1) is 0 Å². The van der Waals surface area contributed by atoms with Crippen LogP contribution in [0.2, 0.25) is 0 Å². The molecule has 7 heteroatoms. The molecule has 7 nitrogen and oxygen atoms in total. The van der Waals surface area contributed by atoms with Crippen molar-refractivity contribution in [2.24, 2.45) is 5.92 Å². The Morgan fingerprint density at radius 1 is 1.28 bits per heavy atom. The number of carbonyl (C=O) groups is 2. The molecule has 1 aromatic rings. The van der Waals surface area contributed by atoms with Crippen molar-refractivity contribution in [2.45, 2.75) is 73.1 Å². The van der Waals surface area contributed by atoms with Crippen LogP contribution >= 0.6 is 0 Å². The second-order valence-corrected chi connectivity index (χ2v) is 7.87. The molecule has 1 unspecified atom stereocenters. The Hall–Kier alpha value is -2.05. The average Bonchev–Trinajstić information content (AvgIpc) is 2.84. The predicted molar refractivity (Wildman–Crippen MR) is 97.6 cm³/mol. The minimum Gasteiger partial charge on any atom is -0.444 e. The lowest BCUT2D eigenvalue weighted by Gasteiger charge is -2.35. The standard InChI is InChI=1S/C18H32N4O3/c1-9-22-14(10-13(4)21-22)15(23)20-18(8,12(2)3)11-19-16(24)25-17(5,6)7/h10,12H,9,11H2,1-8H3,(H,19,24)(H,20,23). The first-order valence-corrected chi connectivity index (χ1v) is 8.71. The number of hydrogen-bond acceptors (Lipinski definition) is 4. The van der Waals surface area contributed by atoms with Crippen LogP contribution in [0.4, 0.5) is 4.79 Å². The van der Waals surface area contributed by atoms with Gasteiger partial charge in [0.2, 0.25) is 0 Å². The van der Waals surface area contributed by atoms with E-state index in [2.05, 4.69) is 15.7 Å². The molecule has 25 heavy (non-hydrogen) atoms. The summed E-state index contributed by atoms with van der Waals surface area (Å²) < 4.78 is 6.94. The third kappa shape index (κ3) is 6.07. The molecule has 0 radical (unpaired) electrons. The van der Waals surface area contributed by atoms with Crippen LogP contribution in [0.5, 0.6) is 0 Å². The lowest BCUT2D eigenvalue weighted by molar-refractivity contribution is 0.0496. The number of rotatable bonds is 6. The van der Waals surface area contributed by atoms with Gasteiger partial charge in [-0.2, -0.15) is 5.10 Å². The summed E-state index contributed by atoms with van der Waals surface area (Å²) >= 11 is 0. The molecule has 0 aliphatic heterocycles. The van der Waals surface area contributed by atoms with Crippen LogP contribution in [0.1, 0.15) is 64.6 Å². The third-order valence-electron chi connectivity index (χ3n) is 4.11. The van der Waals surface area contributed by atoms with Gasteiger partial charge in [0.25, 0.3) is 5.91 Å². The lowest BCUT2D eigenvalue weighted by atomic mass is 9.88. The second kappa shape index (κ2) is 7.89. The Balaban J connectivity index is 2.84. The molecule has 1 atom stereocenters. The molecule has 2 amide bonds. The number of carbonyl (C=O) groups excluding carboxylic acids is 2. The fourth-order valence-electron chi connectivity index (χ4n) is 2.26. The van der Waals surface area contributed by atoms with Gasteiger partial charge in [-0.1, -0.05) is 13.8 Å². The molecule has 0 bridgehead atoms. The summed E-state index contributed by atoms with van der Waals surface area (Å²) in [7, 11) is 0. The zero-order valence-corrected chi connectivity index (χ0v) is 16.7. The van der Waals surface area contributed by atoms with Crippen molar-refractivity contribution in [3.63, 3.8) is 0 Å². The number of ether oxygens (including phenoxy) is 1. The van der Waals surface area contributed by atoms with Crippen molar-refractivity contribution >= 4 is 12.0 Å². The highest BCUT2D eigenvalue weighted by atomic mass is 16.6. The highest BCUT2D eigenvalue weighted by molar-refractivity contribution is 5.93. The van der Waals surface area contributed by atoms with E-state index in [4.69, 9.17) is 4.74 Å². The van der Waals surface area contributed by atoms with E-state index in [-0.39, 0.29) is 18.4 Å². The van der Waals surface area contributed by atoms with E-state index in [1.807, 2.05) is 55.4 Å². The Morgan fingerprint density at radius 3 is 2.36 bits per heavy atom. The predicted octanol–water partition coefficient (Wildman–Crippen LogP) is 2.88. The number of nitrogens with zero attached hydrogens (tertiary/aromatic N) is 2. The second-order valence-electron chi connectivity index (χ2n) is 7.87. The van der Waals surface area contributed by atoms with Crippen LogP contribution in [-0.4, -0.2) is 39.5 Å². The Labute approximate surface area is 150 Å². The van der Waals surface area contributed by atoms with Crippen molar-refractivity contribution in [1.82, 2.24) is 20.4 Å². The monoisotopic (exact) mass is 352 g/mol. The average molecular weight is 352 g/mol. The summed E-state index contributed by atoms with van der Waals surface area (Å²) in [4.78, 5) is 24.6. The summed E-state index contributed by atoms with van der Waals surface area (Å²) in [6.07, 6.45) is -0.497. The number of aromatic nitrogens is 2. The van der Waals surface area contributed by atoms with Crippen molar-refractivity contribution in [3.05, 3.63) is 17.5 Å². The molecule has 0 aliphatic carbocycles. The number of nitrogens with one attached hydrogen (secondary N) is 2. The maximum atomic E-state index is 12.7. The molecule has 1 aromatic heterocycles. The van der Waals surface area contributed by atoms with Gasteiger partial charge in [0, 0.05) is 13.1 Å². The smallest absolute Gasteiger partial charge is 0.407 e. The molecule has 142 valence electrons. The van der Waals surface area contributed by atoms with Gasteiger partial charge in [-0.25, -0.2) is 4.79 Å². The topological polar surface area (TPSA) is 85.3 Å². The number of hydrogen-bond donors (Lipinski definition) is 2. The Morgan fingerprint density at radius 2 is 1.88 bits per heavy atom. The molecule has 0 saturated heterocycles. The van der Waals surface area contributed by atoms with Gasteiger partial charge in [0.15, 0.2) is 0 Å². The zero-order chi connectivity index (χ0) is 19.4. The summed E-state index contributed by atoms with van der Waals surface area (Å²) in [6, 6.07) is 1.76. The van der Waals surface area contributed by atoms with E-state index in [0.717, 1.165) is 5.69 Å². The first kappa shape index (κ1) is 21.0. The Kier molecular flexibility index (Phi) is 6.62. The van der Waals surface area contributed by atoms with Gasteiger partial charge < -0.3 is 15.4 Å². The minimum atomic E-state index is -0.620. The molecule has 0 spiro atoms.